The summed E-state index contributed by atoms with van der Waals surface area (Å²) in [5, 5.41) is 3.48. The third-order valence-electron chi connectivity index (χ3n) is 3.76. The molecule has 100 valence electrons. The van der Waals surface area contributed by atoms with Crippen molar-refractivity contribution in [2.24, 2.45) is 4.99 Å². The molecule has 2 aromatic rings. The van der Waals surface area contributed by atoms with Gasteiger partial charge >= 0.3 is 0 Å². The molecule has 2 nitrogen and oxygen atoms in total. The van der Waals surface area contributed by atoms with E-state index in [-0.39, 0.29) is 5.41 Å². The Hall–Kier alpha value is -2.35. The minimum atomic E-state index is -0.000693. The van der Waals surface area contributed by atoms with Crippen LogP contribution in [-0.2, 0) is 5.41 Å². The largest absolute Gasteiger partial charge is 0.358 e. The molecular formula is C18H18N2. The molecule has 0 aliphatic carbocycles. The van der Waals surface area contributed by atoms with Gasteiger partial charge in [-0.15, -0.1) is 0 Å². The minimum Gasteiger partial charge on any atom is -0.358 e. The molecule has 0 fully saturated rings. The molecule has 1 aliphatic rings. The van der Waals surface area contributed by atoms with E-state index in [1.807, 2.05) is 36.5 Å². The summed E-state index contributed by atoms with van der Waals surface area (Å²) in [5.74, 6) is 0. The Morgan fingerprint density at radius 3 is 2.40 bits per heavy atom. The van der Waals surface area contributed by atoms with Gasteiger partial charge in [0.05, 0.1) is 5.69 Å². The van der Waals surface area contributed by atoms with Crippen LogP contribution in [0.15, 0.2) is 71.4 Å². The molecule has 2 heteroatoms. The lowest BCUT2D eigenvalue weighted by atomic mass is 9.84. The van der Waals surface area contributed by atoms with Crippen LogP contribution >= 0.6 is 0 Å². The van der Waals surface area contributed by atoms with Crippen LogP contribution in [0.25, 0.3) is 0 Å². The van der Waals surface area contributed by atoms with Gasteiger partial charge in [-0.2, -0.15) is 0 Å². The van der Waals surface area contributed by atoms with Crippen LogP contribution in [0.1, 0.15) is 19.4 Å². The Labute approximate surface area is 119 Å². The predicted molar refractivity (Wildman–Crippen MR) is 85.8 cm³/mol. The molecule has 2 aromatic carbocycles. The van der Waals surface area contributed by atoms with E-state index in [2.05, 4.69) is 54.5 Å². The summed E-state index contributed by atoms with van der Waals surface area (Å²) < 4.78 is 0. The highest BCUT2D eigenvalue weighted by molar-refractivity contribution is 5.80. The molecule has 0 atom stereocenters. The van der Waals surface area contributed by atoms with Gasteiger partial charge in [0, 0.05) is 23.0 Å². The third-order valence-corrected chi connectivity index (χ3v) is 3.76. The predicted octanol–water partition coefficient (Wildman–Crippen LogP) is 4.68. The smallest absolute Gasteiger partial charge is 0.0629 e. The van der Waals surface area contributed by atoms with Gasteiger partial charge in [0.25, 0.3) is 0 Å². The maximum Gasteiger partial charge on any atom is 0.0629 e. The Morgan fingerprint density at radius 1 is 0.950 bits per heavy atom. The zero-order valence-electron chi connectivity index (χ0n) is 11.8. The van der Waals surface area contributed by atoms with Crippen molar-refractivity contribution in [3.05, 3.63) is 71.9 Å². The van der Waals surface area contributed by atoms with Gasteiger partial charge in [-0.25, -0.2) is 0 Å². The molecule has 0 unspecified atom stereocenters. The molecule has 0 spiro atoms. The average molecular weight is 262 g/mol. The van der Waals surface area contributed by atoms with Crippen molar-refractivity contribution in [2.75, 3.05) is 5.32 Å². The second kappa shape index (κ2) is 4.97. The molecule has 0 saturated heterocycles. The molecular weight excluding hydrogens is 244 g/mol. The van der Waals surface area contributed by atoms with Crippen LogP contribution in [-0.4, -0.2) is 6.21 Å². The fourth-order valence-corrected chi connectivity index (χ4v) is 2.55. The topological polar surface area (TPSA) is 24.4 Å². The first-order valence-electron chi connectivity index (χ1n) is 6.84. The maximum absolute atomic E-state index is 4.46. The summed E-state index contributed by atoms with van der Waals surface area (Å²) in [6.07, 6.45) is 3.93. The molecule has 0 bridgehead atoms. The molecule has 20 heavy (non-hydrogen) atoms. The number of para-hydroxylation sites is 2. The van der Waals surface area contributed by atoms with Gasteiger partial charge in [0.2, 0.25) is 0 Å². The van der Waals surface area contributed by atoms with Crippen molar-refractivity contribution >= 4 is 17.6 Å². The number of hydrogen-bond donors (Lipinski definition) is 1. The van der Waals surface area contributed by atoms with Crippen molar-refractivity contribution in [2.45, 2.75) is 19.3 Å². The van der Waals surface area contributed by atoms with Gasteiger partial charge in [-0.1, -0.05) is 50.2 Å². The Balaban J connectivity index is 1.86. The number of allylic oxidation sites excluding steroid dienone is 2. The summed E-state index contributed by atoms with van der Waals surface area (Å²) in [5.41, 5.74) is 4.67. The van der Waals surface area contributed by atoms with Crippen molar-refractivity contribution in [1.29, 1.82) is 0 Å². The highest BCUT2D eigenvalue weighted by Crippen LogP contribution is 2.42. The van der Waals surface area contributed by atoms with Crippen LogP contribution in [0.4, 0.5) is 11.4 Å². The van der Waals surface area contributed by atoms with Gasteiger partial charge in [0.1, 0.15) is 0 Å². The molecule has 0 radical (unpaired) electrons. The summed E-state index contributed by atoms with van der Waals surface area (Å²) in [6.45, 7) is 4.46. The monoisotopic (exact) mass is 262 g/mol. The van der Waals surface area contributed by atoms with Gasteiger partial charge in [0.15, 0.2) is 0 Å². The lowest BCUT2D eigenvalue weighted by Crippen LogP contribution is -2.17. The van der Waals surface area contributed by atoms with E-state index in [0.29, 0.717) is 0 Å². The molecule has 0 amide bonds. The van der Waals surface area contributed by atoms with Crippen molar-refractivity contribution in [1.82, 2.24) is 0 Å². The molecule has 1 heterocycles. The van der Waals surface area contributed by atoms with Crippen LogP contribution in [0.3, 0.4) is 0 Å². The summed E-state index contributed by atoms with van der Waals surface area (Å²) in [7, 11) is 0. The molecule has 1 aliphatic heterocycles. The second-order valence-electron chi connectivity index (χ2n) is 5.49. The molecule has 0 saturated carbocycles. The number of nitrogens with one attached hydrogen (secondary N) is 1. The van der Waals surface area contributed by atoms with E-state index in [1.54, 1.807) is 0 Å². The highest BCUT2D eigenvalue weighted by Gasteiger charge is 2.33. The summed E-state index contributed by atoms with van der Waals surface area (Å²) in [4.78, 5) is 4.46. The van der Waals surface area contributed by atoms with Crippen LogP contribution in [0.2, 0.25) is 0 Å². The fraction of sp³-hybridized carbons (Fsp3) is 0.167. The van der Waals surface area contributed by atoms with Crippen LogP contribution in [0, 0.1) is 0 Å². The van der Waals surface area contributed by atoms with Crippen LogP contribution < -0.4 is 5.32 Å². The van der Waals surface area contributed by atoms with E-state index in [0.717, 1.165) is 5.69 Å². The third kappa shape index (κ3) is 2.25. The van der Waals surface area contributed by atoms with Gasteiger partial charge in [-0.3, -0.25) is 4.99 Å². The quantitative estimate of drug-likeness (QED) is 0.781. The van der Waals surface area contributed by atoms with E-state index >= 15 is 0 Å². The SMILES string of the molecule is CC1(C)/C(=C/C=Nc2ccccc2)Nc2ccccc21. The van der Waals surface area contributed by atoms with E-state index in [4.69, 9.17) is 0 Å². The summed E-state index contributed by atoms with van der Waals surface area (Å²) >= 11 is 0. The standard InChI is InChI=1S/C18H18N2/c1-18(2)15-10-6-7-11-16(15)20-17(18)12-13-19-14-8-4-3-5-9-14/h3-13,20H,1-2H3/b17-12-,19-13?. The molecule has 1 N–H and O–H groups in total. The minimum absolute atomic E-state index is 0.000693. The lowest BCUT2D eigenvalue weighted by molar-refractivity contribution is 0.655. The number of nitrogens with zero attached hydrogens (tertiary/aromatic N) is 1. The van der Waals surface area contributed by atoms with E-state index in [9.17, 15) is 0 Å². The van der Waals surface area contributed by atoms with Crippen molar-refractivity contribution in [3.8, 4) is 0 Å². The fourth-order valence-electron chi connectivity index (χ4n) is 2.55. The number of anilines is 1. The first-order valence-corrected chi connectivity index (χ1v) is 6.84. The molecule has 3 rings (SSSR count). The van der Waals surface area contributed by atoms with Gasteiger partial charge in [-0.05, 0) is 29.8 Å². The Morgan fingerprint density at radius 2 is 1.65 bits per heavy atom. The zero-order chi connectivity index (χ0) is 14.0. The van der Waals surface area contributed by atoms with Crippen LogP contribution in [0.5, 0.6) is 0 Å². The lowest BCUT2D eigenvalue weighted by Gasteiger charge is -2.19. The normalized spacial score (nSPS) is 18.2. The molecule has 0 aromatic heterocycles. The summed E-state index contributed by atoms with van der Waals surface area (Å²) in [6, 6.07) is 18.4. The average Bonchev–Trinajstić information content (AvgIpc) is 2.72. The first kappa shape index (κ1) is 12.7. The van der Waals surface area contributed by atoms with Crippen molar-refractivity contribution in [3.63, 3.8) is 0 Å². The van der Waals surface area contributed by atoms with Gasteiger partial charge < -0.3 is 5.32 Å². The second-order valence-corrected chi connectivity index (χ2v) is 5.49. The Kier molecular flexibility index (Phi) is 3.15. The maximum atomic E-state index is 4.46. The van der Waals surface area contributed by atoms with Crippen molar-refractivity contribution < 1.29 is 0 Å². The number of benzene rings is 2. The van der Waals surface area contributed by atoms with E-state index < -0.39 is 0 Å². The highest BCUT2D eigenvalue weighted by atomic mass is 15.0. The number of rotatable bonds is 2. The van der Waals surface area contributed by atoms with E-state index in [1.165, 1.54) is 16.9 Å². The first-order chi connectivity index (χ1) is 9.68. The number of hydrogen-bond acceptors (Lipinski definition) is 2. The Bertz CT molecular complexity index is 667. The zero-order valence-corrected chi connectivity index (χ0v) is 11.8. The number of aliphatic imine (C=N–C) groups is 1. The number of fused-ring (bicyclic) bond motifs is 1.